The summed E-state index contributed by atoms with van der Waals surface area (Å²) >= 11 is 0. The molecule has 2 amide bonds. The minimum Gasteiger partial charge on any atom is -0.454 e. The third-order valence-electron chi connectivity index (χ3n) is 5.67. The Bertz CT molecular complexity index is 1140. The van der Waals surface area contributed by atoms with Gasteiger partial charge in [0.2, 0.25) is 28.6 Å². The number of carbonyl (C=O) groups excluding carboxylic acids is 2. The van der Waals surface area contributed by atoms with Crippen molar-refractivity contribution in [2.24, 2.45) is 5.92 Å². The van der Waals surface area contributed by atoms with Crippen LogP contribution in [0.15, 0.2) is 48.5 Å². The zero-order valence-electron chi connectivity index (χ0n) is 20.6. The molecule has 0 unspecified atom stereocenters. The van der Waals surface area contributed by atoms with Crippen LogP contribution in [-0.2, 0) is 26.2 Å². The average Bonchev–Trinajstić information content (AvgIpc) is 3.32. The van der Waals surface area contributed by atoms with Crippen molar-refractivity contribution in [3.05, 3.63) is 54.1 Å². The Kier molecular flexibility index (Phi) is 8.61. The van der Waals surface area contributed by atoms with Crippen molar-refractivity contribution in [1.82, 2.24) is 10.2 Å². The van der Waals surface area contributed by atoms with E-state index in [4.69, 9.17) is 9.47 Å². The van der Waals surface area contributed by atoms with Gasteiger partial charge in [0.05, 0.1) is 11.4 Å². The number of hydrogen-bond donors (Lipinski definition) is 1. The lowest BCUT2D eigenvalue weighted by molar-refractivity contribution is -0.139. The molecule has 1 aliphatic heterocycles. The average molecular weight is 504 g/mol. The second kappa shape index (κ2) is 11.4. The Morgan fingerprint density at radius 1 is 1.03 bits per heavy atom. The van der Waals surface area contributed by atoms with Gasteiger partial charge < -0.3 is 19.7 Å². The van der Waals surface area contributed by atoms with Crippen LogP contribution < -0.4 is 19.1 Å². The van der Waals surface area contributed by atoms with E-state index < -0.39 is 28.5 Å². The van der Waals surface area contributed by atoms with Crippen molar-refractivity contribution in [2.75, 3.05) is 29.9 Å². The molecule has 1 heterocycles. The molecule has 3 rings (SSSR count). The number of rotatable bonds is 11. The van der Waals surface area contributed by atoms with Gasteiger partial charge in [0.25, 0.3) is 0 Å². The van der Waals surface area contributed by atoms with Gasteiger partial charge in [-0.05, 0) is 37.5 Å². The number of nitrogens with one attached hydrogen (secondary N) is 1. The van der Waals surface area contributed by atoms with Crippen molar-refractivity contribution in [3.8, 4) is 11.5 Å². The van der Waals surface area contributed by atoms with Crippen LogP contribution in [0.2, 0.25) is 0 Å². The molecule has 9 nitrogen and oxygen atoms in total. The molecule has 0 saturated carbocycles. The number of ether oxygens (including phenoxy) is 2. The largest absolute Gasteiger partial charge is 0.454 e. The van der Waals surface area contributed by atoms with E-state index in [1.54, 1.807) is 25.1 Å². The van der Waals surface area contributed by atoms with E-state index in [0.717, 1.165) is 9.87 Å². The minimum atomic E-state index is -3.81. The van der Waals surface area contributed by atoms with Gasteiger partial charge in [-0.25, -0.2) is 8.42 Å². The quantitative estimate of drug-likeness (QED) is 0.506. The maximum atomic E-state index is 13.6. The number of sulfonamides is 1. The normalized spacial score (nSPS) is 13.4. The number of amides is 2. The smallest absolute Gasteiger partial charge is 0.244 e. The molecule has 0 aliphatic carbocycles. The van der Waals surface area contributed by atoms with E-state index in [1.807, 2.05) is 44.2 Å². The lowest BCUT2D eigenvalue weighted by Crippen LogP contribution is -2.51. The monoisotopic (exact) mass is 503 g/mol. The highest BCUT2D eigenvalue weighted by molar-refractivity contribution is 7.92. The summed E-state index contributed by atoms with van der Waals surface area (Å²) < 4.78 is 37.8. The number of fused-ring (bicyclic) bond motifs is 1. The Hall–Kier alpha value is -3.27. The van der Waals surface area contributed by atoms with Crippen molar-refractivity contribution in [1.29, 1.82) is 0 Å². The molecule has 10 heteroatoms. The van der Waals surface area contributed by atoms with Crippen LogP contribution in [0.25, 0.3) is 0 Å². The summed E-state index contributed by atoms with van der Waals surface area (Å²) in [6.07, 6.45) is 0. The molecule has 0 aromatic heterocycles. The second-order valence-corrected chi connectivity index (χ2v) is 10.9. The summed E-state index contributed by atoms with van der Waals surface area (Å²) in [6.45, 7) is 7.37. The molecule has 2 aromatic carbocycles. The predicted molar refractivity (Wildman–Crippen MR) is 134 cm³/mol. The maximum absolute atomic E-state index is 13.6. The Morgan fingerprint density at radius 3 is 2.37 bits per heavy atom. The van der Waals surface area contributed by atoms with Crippen LogP contribution >= 0.6 is 0 Å². The Morgan fingerprint density at radius 2 is 1.71 bits per heavy atom. The fraction of sp³-hybridized carbons (Fsp3) is 0.440. The van der Waals surface area contributed by atoms with E-state index >= 15 is 0 Å². The van der Waals surface area contributed by atoms with E-state index in [0.29, 0.717) is 23.7 Å². The topological polar surface area (TPSA) is 105 Å². The molecule has 35 heavy (non-hydrogen) atoms. The zero-order valence-corrected chi connectivity index (χ0v) is 21.4. The highest BCUT2D eigenvalue weighted by atomic mass is 32.2. The van der Waals surface area contributed by atoms with E-state index in [9.17, 15) is 18.0 Å². The molecule has 2 aromatic rings. The minimum absolute atomic E-state index is 0.0477. The number of hydrogen-bond acceptors (Lipinski definition) is 6. The van der Waals surface area contributed by atoms with Gasteiger partial charge in [-0.3, -0.25) is 13.9 Å². The van der Waals surface area contributed by atoms with Crippen LogP contribution in [0.4, 0.5) is 5.69 Å². The van der Waals surface area contributed by atoms with Gasteiger partial charge in [0.1, 0.15) is 12.6 Å². The first-order chi connectivity index (χ1) is 16.6. The van der Waals surface area contributed by atoms with Gasteiger partial charge in [0, 0.05) is 19.2 Å². The van der Waals surface area contributed by atoms with Crippen molar-refractivity contribution in [3.63, 3.8) is 0 Å². The highest BCUT2D eigenvalue weighted by Gasteiger charge is 2.31. The molecule has 1 N–H and O–H groups in total. The molecule has 0 radical (unpaired) electrons. The number of benzene rings is 2. The molecule has 0 bridgehead atoms. The summed E-state index contributed by atoms with van der Waals surface area (Å²) in [4.78, 5) is 27.9. The van der Waals surface area contributed by atoms with Crippen LogP contribution in [0.1, 0.15) is 33.3 Å². The third-order valence-corrected chi connectivity index (χ3v) is 7.41. The SMILES string of the molecule is CCS(=O)(=O)N(CC(=O)N(Cc1ccccc1)[C@H](C)C(=O)NCC(C)C)c1ccc2c(c1)OCO2. The summed E-state index contributed by atoms with van der Waals surface area (Å²) in [5.74, 6) is 0.189. The Balaban J connectivity index is 1.90. The van der Waals surface area contributed by atoms with Crippen LogP contribution in [0, 0.1) is 5.92 Å². The molecular formula is C25H33N3O6S. The summed E-state index contributed by atoms with van der Waals surface area (Å²) in [5, 5.41) is 2.86. The third kappa shape index (κ3) is 6.66. The van der Waals surface area contributed by atoms with Crippen LogP contribution in [0.5, 0.6) is 11.5 Å². The summed E-state index contributed by atoms with van der Waals surface area (Å²) in [6, 6.07) is 13.2. The number of nitrogens with zero attached hydrogens (tertiary/aromatic N) is 2. The summed E-state index contributed by atoms with van der Waals surface area (Å²) in [7, 11) is -3.81. The molecule has 190 valence electrons. The molecule has 1 atom stereocenters. The first-order valence-electron chi connectivity index (χ1n) is 11.6. The van der Waals surface area contributed by atoms with Crippen molar-refractivity contribution >= 4 is 27.5 Å². The Labute approximate surface area is 207 Å². The van der Waals surface area contributed by atoms with Crippen molar-refractivity contribution in [2.45, 2.75) is 40.3 Å². The standard InChI is InChI=1S/C25H33N3O6S/c1-5-35(31,32)28(21-11-12-22-23(13-21)34-17-33-22)16-24(29)27(15-20-9-7-6-8-10-20)19(4)25(30)26-14-18(2)3/h6-13,18-19H,5,14-17H2,1-4H3,(H,26,30)/t19-/m1/s1. The van der Waals surface area contributed by atoms with E-state index in [1.165, 1.54) is 11.8 Å². The van der Waals surface area contributed by atoms with Gasteiger partial charge in [-0.1, -0.05) is 44.2 Å². The predicted octanol–water partition coefficient (Wildman–Crippen LogP) is 2.76. The molecule has 0 saturated heterocycles. The van der Waals surface area contributed by atoms with Crippen molar-refractivity contribution < 1.29 is 27.5 Å². The number of carbonyl (C=O) groups is 2. The fourth-order valence-electron chi connectivity index (χ4n) is 3.58. The van der Waals surface area contributed by atoms with E-state index in [2.05, 4.69) is 5.32 Å². The molecular weight excluding hydrogens is 470 g/mol. The van der Waals surface area contributed by atoms with Gasteiger partial charge in [0.15, 0.2) is 11.5 Å². The van der Waals surface area contributed by atoms with Gasteiger partial charge in [-0.2, -0.15) is 0 Å². The van der Waals surface area contributed by atoms with Gasteiger partial charge >= 0.3 is 0 Å². The zero-order chi connectivity index (χ0) is 25.6. The summed E-state index contributed by atoms with van der Waals surface area (Å²) in [5.41, 5.74) is 1.12. The lowest BCUT2D eigenvalue weighted by Gasteiger charge is -2.32. The lowest BCUT2D eigenvalue weighted by atomic mass is 10.1. The highest BCUT2D eigenvalue weighted by Crippen LogP contribution is 2.36. The maximum Gasteiger partial charge on any atom is 0.244 e. The second-order valence-electron chi connectivity index (χ2n) is 8.77. The molecule has 0 fully saturated rings. The molecule has 1 aliphatic rings. The van der Waals surface area contributed by atoms with Crippen LogP contribution in [-0.4, -0.2) is 56.8 Å². The van der Waals surface area contributed by atoms with Gasteiger partial charge in [-0.15, -0.1) is 0 Å². The fourth-order valence-corrected chi connectivity index (χ4v) is 4.63. The van der Waals surface area contributed by atoms with Crippen LogP contribution in [0.3, 0.4) is 0 Å². The molecule has 0 spiro atoms. The first kappa shape index (κ1) is 26.3. The number of anilines is 1. The van der Waals surface area contributed by atoms with E-state index in [-0.39, 0.29) is 30.9 Å². The first-order valence-corrected chi connectivity index (χ1v) is 13.2.